The molecule has 6 unspecified atom stereocenters. The summed E-state index contributed by atoms with van der Waals surface area (Å²) in [6, 6.07) is -5.75. The van der Waals surface area contributed by atoms with E-state index in [0.29, 0.717) is 58.9 Å². The molecule has 0 radical (unpaired) electrons. The third kappa shape index (κ3) is 18.2. The van der Waals surface area contributed by atoms with Gasteiger partial charge in [0.1, 0.15) is 24.2 Å². The Hall–Kier alpha value is -3.62. The summed E-state index contributed by atoms with van der Waals surface area (Å²) >= 11 is 0. The number of aliphatic imine (C=N–C) groups is 1. The van der Waals surface area contributed by atoms with E-state index in [-0.39, 0.29) is 50.8 Å². The molecule has 5 amide bonds. The van der Waals surface area contributed by atoms with Crippen LogP contribution in [0.2, 0.25) is 0 Å². The minimum atomic E-state index is -1.35. The van der Waals surface area contributed by atoms with Crippen molar-refractivity contribution in [2.45, 2.75) is 103 Å². The van der Waals surface area contributed by atoms with Crippen LogP contribution in [0.4, 0.5) is 0 Å². The second-order valence-corrected chi connectivity index (χ2v) is 13.0. The average molecular weight is 746 g/mol. The van der Waals surface area contributed by atoms with Crippen LogP contribution in [0.15, 0.2) is 4.99 Å². The van der Waals surface area contributed by atoms with Crippen molar-refractivity contribution < 1.29 is 48.4 Å². The van der Waals surface area contributed by atoms with Crippen LogP contribution < -0.4 is 38.5 Å². The van der Waals surface area contributed by atoms with Gasteiger partial charge in [-0.05, 0) is 58.3 Å². The van der Waals surface area contributed by atoms with Crippen LogP contribution >= 0.6 is 0 Å². The second-order valence-electron chi connectivity index (χ2n) is 13.0. The van der Waals surface area contributed by atoms with Gasteiger partial charge in [0, 0.05) is 32.8 Å². The molecule has 0 saturated carbocycles. The number of hydrogen-bond acceptors (Lipinski definition) is 12. The van der Waals surface area contributed by atoms with E-state index in [4.69, 9.17) is 31.4 Å². The normalized spacial score (nSPS) is 17.1. The molecule has 0 aliphatic carbocycles. The van der Waals surface area contributed by atoms with Crippen molar-refractivity contribution in [3.63, 3.8) is 0 Å². The topological polar surface area (TPSA) is 295 Å². The smallest absolute Gasteiger partial charge is 0.248 e. The molecule has 0 spiro atoms. The Morgan fingerprint density at radius 3 is 2.13 bits per heavy atom. The first-order chi connectivity index (χ1) is 24.7. The second kappa shape index (κ2) is 26.2. The van der Waals surface area contributed by atoms with Crippen molar-refractivity contribution in [3.8, 4) is 0 Å². The molecule has 300 valence electrons. The van der Waals surface area contributed by atoms with Crippen LogP contribution in [0, 0.1) is 5.92 Å². The number of likely N-dealkylation sites (tertiary alicyclic amines) is 1. The maximum absolute atomic E-state index is 13.6. The molecule has 12 N–H and O–H groups in total. The van der Waals surface area contributed by atoms with Gasteiger partial charge < -0.3 is 67.8 Å². The molecule has 19 heteroatoms. The van der Waals surface area contributed by atoms with Crippen molar-refractivity contribution in [1.82, 2.24) is 26.2 Å². The number of carbonyl (C=O) groups excluding carboxylic acids is 5. The van der Waals surface area contributed by atoms with Crippen molar-refractivity contribution in [2.24, 2.45) is 28.1 Å². The highest BCUT2D eigenvalue weighted by Crippen LogP contribution is 2.20. The van der Waals surface area contributed by atoms with Crippen molar-refractivity contribution in [1.29, 1.82) is 0 Å². The Morgan fingerprint density at radius 1 is 0.885 bits per heavy atom. The zero-order valence-corrected chi connectivity index (χ0v) is 31.1. The van der Waals surface area contributed by atoms with E-state index in [1.165, 1.54) is 11.8 Å². The zero-order valence-electron chi connectivity index (χ0n) is 31.1. The highest BCUT2D eigenvalue weighted by Gasteiger charge is 2.40. The predicted octanol–water partition coefficient (Wildman–Crippen LogP) is -3.19. The van der Waals surface area contributed by atoms with E-state index in [1.807, 2.05) is 20.8 Å². The minimum Gasteiger partial charge on any atom is -0.394 e. The quantitative estimate of drug-likeness (QED) is 0.0228. The lowest BCUT2D eigenvalue weighted by Crippen LogP contribution is -2.60. The number of rotatable bonds is 27. The van der Waals surface area contributed by atoms with Gasteiger partial charge in [0.15, 0.2) is 5.96 Å². The summed E-state index contributed by atoms with van der Waals surface area (Å²) in [7, 11) is 0. The van der Waals surface area contributed by atoms with Gasteiger partial charge in [0.2, 0.25) is 29.5 Å². The maximum atomic E-state index is 13.6. The molecule has 1 aliphatic heterocycles. The number of aliphatic hydroxyl groups is 2. The van der Waals surface area contributed by atoms with Crippen LogP contribution in [-0.4, -0.2) is 153 Å². The molecule has 1 heterocycles. The van der Waals surface area contributed by atoms with Gasteiger partial charge in [0.05, 0.1) is 45.2 Å². The summed E-state index contributed by atoms with van der Waals surface area (Å²) in [6.45, 7) is 9.63. The Morgan fingerprint density at radius 2 is 1.54 bits per heavy atom. The van der Waals surface area contributed by atoms with Crippen LogP contribution in [0.5, 0.6) is 0 Å². The summed E-state index contributed by atoms with van der Waals surface area (Å²) in [5, 5.41) is 30.6. The number of carbonyl (C=O) groups is 5. The maximum Gasteiger partial charge on any atom is 0.248 e. The summed E-state index contributed by atoms with van der Waals surface area (Å²) in [5.41, 5.74) is 16.8. The van der Waals surface area contributed by atoms with Gasteiger partial charge in [-0.3, -0.25) is 29.0 Å². The molecule has 1 aliphatic rings. The largest absolute Gasteiger partial charge is 0.394 e. The van der Waals surface area contributed by atoms with Crippen molar-refractivity contribution in [2.75, 3.05) is 65.9 Å². The van der Waals surface area contributed by atoms with E-state index in [2.05, 4.69) is 26.3 Å². The molecule has 0 aromatic heterocycles. The highest BCUT2D eigenvalue weighted by atomic mass is 16.5. The standard InChI is InChI=1S/C33H63N9O10/c1-5-50-15-16-52-18-17-51-14-8-12-37-29(46)25(20-43)40-30(47)24(9-6-11-38-33(35)36)39-31(48)26-10-7-13-42(26)32(49)27(22(4)44)41-28(45)23(34)19-21(2)3/h21-27,43-44H,5-20,34H2,1-4H3,(H,37,46)(H,39,48)(H,40,47)(H,41,45)(H4,35,36,38). The van der Waals surface area contributed by atoms with Gasteiger partial charge in [-0.2, -0.15) is 0 Å². The number of hydrogen-bond donors (Lipinski definition) is 9. The van der Waals surface area contributed by atoms with E-state index < -0.39 is 72.5 Å². The average Bonchev–Trinajstić information content (AvgIpc) is 3.59. The van der Waals surface area contributed by atoms with E-state index in [0.717, 1.165) is 0 Å². The first kappa shape index (κ1) is 46.4. The number of amides is 5. The fourth-order valence-corrected chi connectivity index (χ4v) is 5.35. The molecule has 1 rings (SSSR count). The first-order valence-electron chi connectivity index (χ1n) is 18.1. The van der Waals surface area contributed by atoms with Gasteiger partial charge in [0.25, 0.3) is 0 Å². The first-order valence-corrected chi connectivity index (χ1v) is 18.1. The molecule has 1 fully saturated rings. The third-order valence-corrected chi connectivity index (χ3v) is 8.05. The Kier molecular flexibility index (Phi) is 23.4. The van der Waals surface area contributed by atoms with Crippen LogP contribution in [0.1, 0.15) is 66.2 Å². The lowest BCUT2D eigenvalue weighted by atomic mass is 10.0. The Labute approximate surface area is 306 Å². The molecule has 0 bridgehead atoms. The van der Waals surface area contributed by atoms with Crippen LogP contribution in [-0.2, 0) is 38.2 Å². The summed E-state index contributed by atoms with van der Waals surface area (Å²) in [4.78, 5) is 71.2. The minimum absolute atomic E-state index is 0.0571. The fourth-order valence-electron chi connectivity index (χ4n) is 5.35. The third-order valence-electron chi connectivity index (χ3n) is 8.05. The lowest BCUT2D eigenvalue weighted by Gasteiger charge is -2.31. The molecule has 52 heavy (non-hydrogen) atoms. The van der Waals surface area contributed by atoms with E-state index in [1.54, 1.807) is 0 Å². The van der Waals surface area contributed by atoms with Gasteiger partial charge in [-0.15, -0.1) is 0 Å². The number of nitrogens with two attached hydrogens (primary N) is 3. The van der Waals surface area contributed by atoms with E-state index in [9.17, 15) is 34.2 Å². The predicted molar refractivity (Wildman–Crippen MR) is 192 cm³/mol. The number of ether oxygens (including phenoxy) is 3. The van der Waals surface area contributed by atoms with Gasteiger partial charge in [-0.1, -0.05) is 13.8 Å². The molecule has 0 aromatic rings. The van der Waals surface area contributed by atoms with Crippen LogP contribution in [0.25, 0.3) is 0 Å². The van der Waals surface area contributed by atoms with Gasteiger partial charge in [-0.25, -0.2) is 0 Å². The summed E-state index contributed by atoms with van der Waals surface area (Å²) in [6.07, 6.45) is 0.602. The molecule has 0 aromatic carbocycles. The summed E-state index contributed by atoms with van der Waals surface area (Å²) in [5.74, 6) is -3.32. The molecular weight excluding hydrogens is 682 g/mol. The molecule has 19 nitrogen and oxygen atoms in total. The van der Waals surface area contributed by atoms with Crippen molar-refractivity contribution >= 4 is 35.5 Å². The SMILES string of the molecule is CCOCCOCCOCCCNC(=O)C(CO)NC(=O)C(CCCN=C(N)N)NC(=O)C1CCCN1C(=O)C(NC(=O)C(N)CC(C)C)C(C)O. The number of aliphatic hydroxyl groups excluding tert-OH is 2. The highest BCUT2D eigenvalue weighted by molar-refractivity contribution is 5.96. The Bertz CT molecular complexity index is 1120. The summed E-state index contributed by atoms with van der Waals surface area (Å²) < 4.78 is 16.0. The lowest BCUT2D eigenvalue weighted by molar-refractivity contribution is -0.144. The molecular formula is C33H63N9O10. The zero-order chi connectivity index (χ0) is 39.1. The number of guanidine groups is 1. The molecule has 1 saturated heterocycles. The van der Waals surface area contributed by atoms with E-state index >= 15 is 0 Å². The van der Waals surface area contributed by atoms with Gasteiger partial charge >= 0.3 is 0 Å². The monoisotopic (exact) mass is 745 g/mol. The number of nitrogens with one attached hydrogen (secondary N) is 4. The fraction of sp³-hybridized carbons (Fsp3) is 0.818. The number of nitrogens with zero attached hydrogens (tertiary/aromatic N) is 2. The van der Waals surface area contributed by atoms with Crippen LogP contribution in [0.3, 0.4) is 0 Å². The molecule has 6 atom stereocenters. The van der Waals surface area contributed by atoms with Crippen molar-refractivity contribution in [3.05, 3.63) is 0 Å². The Balaban J connectivity index is 2.86.